The summed E-state index contributed by atoms with van der Waals surface area (Å²) in [7, 11) is 0. The quantitative estimate of drug-likeness (QED) is 0.781. The molecule has 0 bridgehead atoms. The number of rotatable bonds is 3. The van der Waals surface area contributed by atoms with Crippen molar-refractivity contribution in [3.63, 3.8) is 0 Å². The van der Waals surface area contributed by atoms with Crippen molar-refractivity contribution in [2.75, 3.05) is 25.6 Å². The molecule has 0 radical (unpaired) electrons. The number of nitriles is 1. The van der Waals surface area contributed by atoms with Crippen molar-refractivity contribution >= 4 is 5.69 Å². The fraction of sp³-hybridized carbons (Fsp3) is 0.417. The number of benzene rings is 1. The molecule has 1 aromatic rings. The van der Waals surface area contributed by atoms with Crippen LogP contribution in [-0.4, -0.2) is 19.8 Å². The normalized spacial score (nSPS) is 19.3. The maximum Gasteiger partial charge on any atom is 0.120 e. The van der Waals surface area contributed by atoms with Crippen LogP contribution in [0.4, 0.5) is 5.69 Å². The highest BCUT2D eigenvalue weighted by Gasteiger charge is 2.16. The minimum Gasteiger partial charge on any atom is -0.493 e. The van der Waals surface area contributed by atoms with Crippen LogP contribution in [0.3, 0.4) is 0 Å². The molecule has 1 fully saturated rings. The lowest BCUT2D eigenvalue weighted by Crippen LogP contribution is -2.11. The van der Waals surface area contributed by atoms with Gasteiger partial charge in [0.1, 0.15) is 11.8 Å². The lowest BCUT2D eigenvalue weighted by atomic mass is 10.1. The van der Waals surface area contributed by atoms with Gasteiger partial charge in [-0.3, -0.25) is 0 Å². The van der Waals surface area contributed by atoms with Crippen molar-refractivity contribution in [3.8, 4) is 11.8 Å². The van der Waals surface area contributed by atoms with E-state index in [4.69, 9.17) is 20.5 Å². The standard InChI is InChI=1S/C12H14N2O2/c13-6-10-5-11(1-2-12(10)14)16-8-9-3-4-15-7-9/h1-2,5,9H,3-4,7-8,14H2. The van der Waals surface area contributed by atoms with Gasteiger partial charge in [0, 0.05) is 18.2 Å². The highest BCUT2D eigenvalue weighted by molar-refractivity contribution is 5.56. The van der Waals surface area contributed by atoms with Crippen molar-refractivity contribution in [1.82, 2.24) is 0 Å². The Balaban J connectivity index is 1.96. The van der Waals surface area contributed by atoms with Crippen LogP contribution in [0.25, 0.3) is 0 Å². The second-order valence-corrected chi connectivity index (χ2v) is 3.90. The summed E-state index contributed by atoms with van der Waals surface area (Å²) in [5.74, 6) is 1.15. The lowest BCUT2D eigenvalue weighted by molar-refractivity contribution is 0.167. The van der Waals surface area contributed by atoms with Gasteiger partial charge in [-0.1, -0.05) is 0 Å². The average Bonchev–Trinajstić information content (AvgIpc) is 2.81. The third-order valence-electron chi connectivity index (χ3n) is 2.65. The number of nitrogen functional groups attached to an aromatic ring is 1. The van der Waals surface area contributed by atoms with E-state index < -0.39 is 0 Å². The number of hydrogen-bond donors (Lipinski definition) is 1. The van der Waals surface area contributed by atoms with E-state index in [1.165, 1.54) is 0 Å². The molecule has 2 N–H and O–H groups in total. The van der Waals surface area contributed by atoms with E-state index in [0.717, 1.165) is 19.6 Å². The number of hydrogen-bond acceptors (Lipinski definition) is 4. The zero-order chi connectivity index (χ0) is 11.4. The lowest BCUT2D eigenvalue weighted by Gasteiger charge is -2.10. The maximum absolute atomic E-state index is 8.82. The molecule has 0 spiro atoms. The largest absolute Gasteiger partial charge is 0.493 e. The highest BCUT2D eigenvalue weighted by atomic mass is 16.5. The van der Waals surface area contributed by atoms with Crippen LogP contribution in [0.2, 0.25) is 0 Å². The molecule has 1 unspecified atom stereocenters. The van der Waals surface area contributed by atoms with E-state index in [1.54, 1.807) is 18.2 Å². The summed E-state index contributed by atoms with van der Waals surface area (Å²) in [6.07, 6.45) is 1.04. The molecule has 2 rings (SSSR count). The monoisotopic (exact) mass is 218 g/mol. The molecule has 1 heterocycles. The minimum absolute atomic E-state index is 0.458. The number of anilines is 1. The first-order valence-corrected chi connectivity index (χ1v) is 5.30. The van der Waals surface area contributed by atoms with Gasteiger partial charge in [-0.2, -0.15) is 5.26 Å². The van der Waals surface area contributed by atoms with Crippen LogP contribution in [0.1, 0.15) is 12.0 Å². The molecular weight excluding hydrogens is 204 g/mol. The second-order valence-electron chi connectivity index (χ2n) is 3.90. The third kappa shape index (κ3) is 2.44. The molecule has 0 amide bonds. The summed E-state index contributed by atoms with van der Waals surface area (Å²) in [5, 5.41) is 8.82. The van der Waals surface area contributed by atoms with Gasteiger partial charge in [-0.25, -0.2) is 0 Å². The molecule has 0 saturated carbocycles. The summed E-state index contributed by atoms with van der Waals surface area (Å²) >= 11 is 0. The first-order valence-electron chi connectivity index (χ1n) is 5.30. The fourth-order valence-electron chi connectivity index (χ4n) is 1.65. The van der Waals surface area contributed by atoms with Gasteiger partial charge in [0.15, 0.2) is 0 Å². The first-order chi connectivity index (χ1) is 7.79. The van der Waals surface area contributed by atoms with Crippen LogP contribution in [0.5, 0.6) is 5.75 Å². The molecule has 1 saturated heterocycles. The van der Waals surface area contributed by atoms with Gasteiger partial charge in [-0.05, 0) is 24.6 Å². The topological polar surface area (TPSA) is 68.3 Å². The minimum atomic E-state index is 0.458. The molecule has 1 atom stereocenters. The predicted molar refractivity (Wildman–Crippen MR) is 60.0 cm³/mol. The van der Waals surface area contributed by atoms with Crippen LogP contribution >= 0.6 is 0 Å². The van der Waals surface area contributed by atoms with Crippen LogP contribution < -0.4 is 10.5 Å². The van der Waals surface area contributed by atoms with Gasteiger partial charge >= 0.3 is 0 Å². The Morgan fingerprint density at radius 3 is 3.12 bits per heavy atom. The van der Waals surface area contributed by atoms with Crippen LogP contribution in [-0.2, 0) is 4.74 Å². The van der Waals surface area contributed by atoms with Gasteiger partial charge in [0.25, 0.3) is 0 Å². The Bertz CT molecular complexity index is 406. The van der Waals surface area contributed by atoms with Gasteiger partial charge in [0.05, 0.1) is 18.8 Å². The molecule has 84 valence electrons. The van der Waals surface area contributed by atoms with Crippen molar-refractivity contribution in [2.24, 2.45) is 5.92 Å². The third-order valence-corrected chi connectivity index (χ3v) is 2.65. The van der Waals surface area contributed by atoms with E-state index in [-0.39, 0.29) is 0 Å². The summed E-state index contributed by atoms with van der Waals surface area (Å²) in [4.78, 5) is 0. The van der Waals surface area contributed by atoms with Crippen molar-refractivity contribution in [1.29, 1.82) is 5.26 Å². The van der Waals surface area contributed by atoms with Crippen molar-refractivity contribution < 1.29 is 9.47 Å². The Morgan fingerprint density at radius 1 is 1.56 bits per heavy atom. The molecule has 1 aliphatic heterocycles. The summed E-state index contributed by atoms with van der Waals surface area (Å²) in [5.41, 5.74) is 6.56. The molecule has 16 heavy (non-hydrogen) atoms. The average molecular weight is 218 g/mol. The van der Waals surface area contributed by atoms with Crippen LogP contribution in [0, 0.1) is 17.2 Å². The van der Waals surface area contributed by atoms with E-state index in [1.807, 2.05) is 6.07 Å². The number of nitrogens with two attached hydrogens (primary N) is 1. The van der Waals surface area contributed by atoms with Gasteiger partial charge in [0.2, 0.25) is 0 Å². The molecule has 4 heteroatoms. The summed E-state index contributed by atoms with van der Waals surface area (Å²) < 4.78 is 10.9. The summed E-state index contributed by atoms with van der Waals surface area (Å²) in [6, 6.07) is 7.18. The van der Waals surface area contributed by atoms with Crippen molar-refractivity contribution in [2.45, 2.75) is 6.42 Å². The van der Waals surface area contributed by atoms with Crippen molar-refractivity contribution in [3.05, 3.63) is 23.8 Å². The highest BCUT2D eigenvalue weighted by Crippen LogP contribution is 2.20. The molecular formula is C12H14N2O2. The van der Waals surface area contributed by atoms with Gasteiger partial charge < -0.3 is 15.2 Å². The molecule has 4 nitrogen and oxygen atoms in total. The number of ether oxygens (including phenoxy) is 2. The Labute approximate surface area is 94.6 Å². The Kier molecular flexibility index (Phi) is 3.28. The Hall–Kier alpha value is -1.73. The smallest absolute Gasteiger partial charge is 0.120 e. The molecule has 0 aromatic heterocycles. The molecule has 0 aliphatic carbocycles. The van der Waals surface area contributed by atoms with E-state index in [2.05, 4.69) is 0 Å². The molecule has 1 aromatic carbocycles. The first kappa shape index (κ1) is 10.8. The van der Waals surface area contributed by atoms with Crippen LogP contribution in [0.15, 0.2) is 18.2 Å². The fourth-order valence-corrected chi connectivity index (χ4v) is 1.65. The molecule has 1 aliphatic rings. The van der Waals surface area contributed by atoms with Gasteiger partial charge in [-0.15, -0.1) is 0 Å². The summed E-state index contributed by atoms with van der Waals surface area (Å²) in [6.45, 7) is 2.22. The zero-order valence-corrected chi connectivity index (χ0v) is 8.98. The SMILES string of the molecule is N#Cc1cc(OCC2CCOC2)ccc1N. The predicted octanol–water partition coefficient (Wildman–Crippen LogP) is 1.56. The second kappa shape index (κ2) is 4.86. The van der Waals surface area contributed by atoms with E-state index in [9.17, 15) is 0 Å². The Morgan fingerprint density at radius 2 is 2.44 bits per heavy atom. The van der Waals surface area contributed by atoms with E-state index in [0.29, 0.717) is 29.5 Å². The maximum atomic E-state index is 8.82. The number of nitrogens with zero attached hydrogens (tertiary/aromatic N) is 1. The zero-order valence-electron chi connectivity index (χ0n) is 8.98. The van der Waals surface area contributed by atoms with E-state index >= 15 is 0 Å².